The Balaban J connectivity index is 2.85. The first-order chi connectivity index (χ1) is 9.13. The summed E-state index contributed by atoms with van der Waals surface area (Å²) in [6.07, 6.45) is 1.65. The summed E-state index contributed by atoms with van der Waals surface area (Å²) in [4.78, 5) is 0. The van der Waals surface area contributed by atoms with Crippen LogP contribution < -0.4 is 20.2 Å². The maximum atomic E-state index is 5.28. The van der Waals surface area contributed by atoms with E-state index in [0.717, 1.165) is 16.6 Å². The first kappa shape index (κ1) is 15.7. The molecule has 0 unspecified atom stereocenters. The number of rotatable bonds is 5. The Bertz CT molecular complexity index is 480. The van der Waals surface area contributed by atoms with E-state index in [1.54, 1.807) is 20.4 Å². The molecule has 0 saturated heterocycles. The van der Waals surface area contributed by atoms with Crippen molar-refractivity contribution in [1.29, 1.82) is 0 Å². The highest BCUT2D eigenvalue weighted by molar-refractivity contribution is 9.10. The maximum Gasteiger partial charge on any atom is 0.186 e. The Morgan fingerprint density at radius 1 is 1.42 bits per heavy atom. The fourth-order valence-corrected chi connectivity index (χ4v) is 2.15. The fraction of sp³-hybridized carbons (Fsp3) is 0.333. The molecule has 0 saturated carbocycles. The highest BCUT2D eigenvalue weighted by Crippen LogP contribution is 2.36. The summed E-state index contributed by atoms with van der Waals surface area (Å²) in [5.41, 5.74) is 3.57. The summed E-state index contributed by atoms with van der Waals surface area (Å²) in [7, 11) is 3.18. The van der Waals surface area contributed by atoms with Gasteiger partial charge in [-0.25, -0.2) is 0 Å². The van der Waals surface area contributed by atoms with Crippen LogP contribution in [-0.4, -0.2) is 32.1 Å². The van der Waals surface area contributed by atoms with E-state index in [0.29, 0.717) is 16.6 Å². The van der Waals surface area contributed by atoms with Gasteiger partial charge in [-0.3, -0.25) is 5.43 Å². The highest BCUT2D eigenvalue weighted by Gasteiger charge is 2.11. The number of halogens is 1. The van der Waals surface area contributed by atoms with Gasteiger partial charge in [0.25, 0.3) is 0 Å². The van der Waals surface area contributed by atoms with Crippen molar-refractivity contribution in [2.45, 2.75) is 6.92 Å². The van der Waals surface area contributed by atoms with Gasteiger partial charge in [-0.15, -0.1) is 0 Å². The lowest BCUT2D eigenvalue weighted by Crippen LogP contribution is -2.31. The molecule has 1 aromatic rings. The van der Waals surface area contributed by atoms with Crippen molar-refractivity contribution in [3.05, 3.63) is 22.2 Å². The molecule has 0 aliphatic carbocycles. The molecular formula is C12H16BrN3O2S. The van der Waals surface area contributed by atoms with E-state index in [4.69, 9.17) is 21.7 Å². The SMILES string of the molecule is CCNC(=S)N/N=C/c1ccc(OC)c(OC)c1Br. The Morgan fingerprint density at radius 3 is 2.74 bits per heavy atom. The molecule has 0 atom stereocenters. The normalized spacial score (nSPS) is 10.3. The minimum Gasteiger partial charge on any atom is -0.493 e. The fourth-order valence-electron chi connectivity index (χ4n) is 1.36. The van der Waals surface area contributed by atoms with Gasteiger partial charge in [0.1, 0.15) is 0 Å². The highest BCUT2D eigenvalue weighted by atomic mass is 79.9. The van der Waals surface area contributed by atoms with Gasteiger partial charge in [-0.05, 0) is 47.2 Å². The molecular weight excluding hydrogens is 330 g/mol. The standard InChI is InChI=1S/C12H16BrN3O2S/c1-4-14-12(19)16-15-7-8-5-6-9(17-2)11(18-3)10(8)13/h5-7H,4H2,1-3H3,(H2,14,16,19)/b15-7+. The van der Waals surface area contributed by atoms with Crippen LogP contribution in [-0.2, 0) is 0 Å². The number of ether oxygens (including phenoxy) is 2. The number of hydrogen-bond acceptors (Lipinski definition) is 4. The Hall–Kier alpha value is -1.34. The first-order valence-electron chi connectivity index (χ1n) is 5.61. The summed E-state index contributed by atoms with van der Waals surface area (Å²) >= 11 is 8.46. The third kappa shape index (κ3) is 4.36. The molecule has 0 spiro atoms. The molecule has 0 fully saturated rings. The van der Waals surface area contributed by atoms with E-state index >= 15 is 0 Å². The van der Waals surface area contributed by atoms with Crippen molar-refractivity contribution in [3.63, 3.8) is 0 Å². The number of nitrogens with zero attached hydrogens (tertiary/aromatic N) is 1. The van der Waals surface area contributed by atoms with E-state index in [-0.39, 0.29) is 0 Å². The van der Waals surface area contributed by atoms with E-state index < -0.39 is 0 Å². The van der Waals surface area contributed by atoms with Gasteiger partial charge in [-0.2, -0.15) is 5.10 Å². The van der Waals surface area contributed by atoms with Gasteiger partial charge >= 0.3 is 0 Å². The van der Waals surface area contributed by atoms with Crippen molar-refractivity contribution in [1.82, 2.24) is 10.7 Å². The zero-order chi connectivity index (χ0) is 14.3. The molecule has 0 radical (unpaired) electrons. The monoisotopic (exact) mass is 345 g/mol. The van der Waals surface area contributed by atoms with Crippen molar-refractivity contribution in [3.8, 4) is 11.5 Å². The number of hydrogen-bond donors (Lipinski definition) is 2. The maximum absolute atomic E-state index is 5.28. The molecule has 0 heterocycles. The van der Waals surface area contributed by atoms with Crippen molar-refractivity contribution in [2.75, 3.05) is 20.8 Å². The van der Waals surface area contributed by atoms with Crippen LogP contribution in [0.15, 0.2) is 21.7 Å². The number of hydrazone groups is 1. The summed E-state index contributed by atoms with van der Waals surface area (Å²) in [5.74, 6) is 1.28. The number of benzene rings is 1. The molecule has 0 aromatic heterocycles. The van der Waals surface area contributed by atoms with Crippen LogP contribution in [0, 0.1) is 0 Å². The molecule has 1 rings (SSSR count). The lowest BCUT2D eigenvalue weighted by Gasteiger charge is -2.11. The summed E-state index contributed by atoms with van der Waals surface area (Å²) in [6, 6.07) is 3.68. The van der Waals surface area contributed by atoms with Gasteiger partial charge in [-0.1, -0.05) is 0 Å². The Labute approximate surface area is 126 Å². The van der Waals surface area contributed by atoms with Crippen LogP contribution in [0.1, 0.15) is 12.5 Å². The minimum atomic E-state index is 0.482. The Morgan fingerprint density at radius 2 is 2.16 bits per heavy atom. The summed E-state index contributed by atoms with van der Waals surface area (Å²) in [5, 5.41) is 7.47. The van der Waals surface area contributed by atoms with E-state index in [1.807, 2.05) is 19.1 Å². The van der Waals surface area contributed by atoms with Gasteiger partial charge in [0.2, 0.25) is 0 Å². The van der Waals surface area contributed by atoms with Crippen LogP contribution in [0.5, 0.6) is 11.5 Å². The average molecular weight is 346 g/mol. The van der Waals surface area contributed by atoms with Gasteiger partial charge in [0, 0.05) is 12.1 Å². The van der Waals surface area contributed by atoms with E-state index in [2.05, 4.69) is 31.8 Å². The van der Waals surface area contributed by atoms with Crippen molar-refractivity contribution >= 4 is 39.5 Å². The Kier molecular flexibility index (Phi) is 6.58. The molecule has 2 N–H and O–H groups in total. The van der Waals surface area contributed by atoms with Crippen molar-refractivity contribution < 1.29 is 9.47 Å². The van der Waals surface area contributed by atoms with Gasteiger partial charge in [0.05, 0.1) is 24.9 Å². The van der Waals surface area contributed by atoms with Crippen LogP contribution in [0.4, 0.5) is 0 Å². The van der Waals surface area contributed by atoms with Crippen LogP contribution >= 0.6 is 28.1 Å². The molecule has 7 heteroatoms. The second kappa shape index (κ2) is 7.96. The predicted molar refractivity (Wildman–Crippen MR) is 84.3 cm³/mol. The first-order valence-corrected chi connectivity index (χ1v) is 6.81. The van der Waals surface area contributed by atoms with Crippen LogP contribution in [0.2, 0.25) is 0 Å². The average Bonchev–Trinajstić information content (AvgIpc) is 2.40. The molecule has 19 heavy (non-hydrogen) atoms. The summed E-state index contributed by atoms with van der Waals surface area (Å²) in [6.45, 7) is 2.71. The lowest BCUT2D eigenvalue weighted by molar-refractivity contribution is 0.353. The molecule has 0 amide bonds. The van der Waals surface area contributed by atoms with Gasteiger partial charge < -0.3 is 14.8 Å². The third-order valence-corrected chi connectivity index (χ3v) is 3.28. The number of thiocarbonyl (C=S) groups is 1. The van der Waals surface area contributed by atoms with Crippen molar-refractivity contribution in [2.24, 2.45) is 5.10 Å². The van der Waals surface area contributed by atoms with Crippen LogP contribution in [0.25, 0.3) is 0 Å². The van der Waals surface area contributed by atoms with Gasteiger partial charge in [0.15, 0.2) is 16.6 Å². The van der Waals surface area contributed by atoms with Crippen LogP contribution in [0.3, 0.4) is 0 Å². The van der Waals surface area contributed by atoms with E-state index in [9.17, 15) is 0 Å². The molecule has 0 bridgehead atoms. The number of nitrogens with one attached hydrogen (secondary N) is 2. The molecule has 104 valence electrons. The topological polar surface area (TPSA) is 54.9 Å². The predicted octanol–water partition coefficient (Wildman–Crippen LogP) is 2.28. The molecule has 1 aromatic carbocycles. The van der Waals surface area contributed by atoms with E-state index in [1.165, 1.54) is 0 Å². The molecule has 5 nitrogen and oxygen atoms in total. The third-order valence-electron chi connectivity index (χ3n) is 2.22. The quantitative estimate of drug-likeness (QED) is 0.487. The second-order valence-electron chi connectivity index (χ2n) is 3.43. The smallest absolute Gasteiger partial charge is 0.186 e. The lowest BCUT2D eigenvalue weighted by atomic mass is 10.2. The minimum absolute atomic E-state index is 0.482. The summed E-state index contributed by atoms with van der Waals surface area (Å²) < 4.78 is 11.3. The largest absolute Gasteiger partial charge is 0.493 e. The molecule has 0 aliphatic rings. The number of methoxy groups -OCH3 is 2. The molecule has 0 aliphatic heterocycles. The second-order valence-corrected chi connectivity index (χ2v) is 4.63. The zero-order valence-corrected chi connectivity index (χ0v) is 13.4. The zero-order valence-electron chi connectivity index (χ0n) is 11.0.